The minimum Gasteiger partial charge on any atom is -0.363 e. The molecule has 144 valence electrons. The molecular formula is C16H14F3N3O4S. The van der Waals surface area contributed by atoms with Crippen LogP contribution in [0.1, 0.15) is 0 Å². The highest BCUT2D eigenvalue weighted by Gasteiger charge is 2.34. The number of sulfonamides is 1. The highest BCUT2D eigenvalue weighted by molar-refractivity contribution is 7.89. The Bertz CT molecular complexity index is 972. The lowest BCUT2D eigenvalue weighted by Crippen LogP contribution is -2.49. The van der Waals surface area contributed by atoms with E-state index in [1.54, 1.807) is 0 Å². The number of anilines is 1. The fourth-order valence-corrected chi connectivity index (χ4v) is 4.46. The average Bonchev–Trinajstić information content (AvgIpc) is 2.61. The van der Waals surface area contributed by atoms with Crippen molar-refractivity contribution in [1.29, 1.82) is 0 Å². The first-order chi connectivity index (χ1) is 12.7. The molecule has 1 heterocycles. The Morgan fingerprint density at radius 1 is 0.963 bits per heavy atom. The number of nitrogens with zero attached hydrogens (tertiary/aromatic N) is 3. The zero-order valence-corrected chi connectivity index (χ0v) is 14.6. The van der Waals surface area contributed by atoms with Crippen molar-refractivity contribution < 1.29 is 26.5 Å². The number of nitro groups is 1. The van der Waals surface area contributed by atoms with E-state index in [4.69, 9.17) is 0 Å². The molecule has 0 aromatic heterocycles. The maximum Gasteiger partial charge on any atom is 0.292 e. The fourth-order valence-electron chi connectivity index (χ4n) is 2.93. The van der Waals surface area contributed by atoms with Gasteiger partial charge in [0, 0.05) is 38.3 Å². The van der Waals surface area contributed by atoms with Gasteiger partial charge in [0.05, 0.1) is 4.92 Å². The predicted octanol–water partition coefficient (Wildman–Crippen LogP) is 2.52. The van der Waals surface area contributed by atoms with E-state index < -0.39 is 37.3 Å². The molecule has 7 nitrogen and oxygen atoms in total. The second-order valence-corrected chi connectivity index (χ2v) is 7.71. The van der Waals surface area contributed by atoms with Crippen molar-refractivity contribution in [3.8, 4) is 0 Å². The van der Waals surface area contributed by atoms with Crippen molar-refractivity contribution >= 4 is 21.4 Å². The zero-order chi connectivity index (χ0) is 19.8. The van der Waals surface area contributed by atoms with Crippen molar-refractivity contribution in [2.24, 2.45) is 0 Å². The van der Waals surface area contributed by atoms with Crippen LogP contribution in [-0.2, 0) is 10.0 Å². The molecule has 0 radical (unpaired) electrons. The van der Waals surface area contributed by atoms with Crippen LogP contribution in [0.25, 0.3) is 0 Å². The summed E-state index contributed by atoms with van der Waals surface area (Å²) in [7, 11) is -4.41. The van der Waals surface area contributed by atoms with E-state index in [2.05, 4.69) is 0 Å². The summed E-state index contributed by atoms with van der Waals surface area (Å²) in [4.78, 5) is 10.9. The Morgan fingerprint density at radius 3 is 2.11 bits per heavy atom. The molecule has 3 rings (SSSR count). The highest BCUT2D eigenvalue weighted by atomic mass is 32.2. The molecule has 1 aliphatic heterocycles. The van der Waals surface area contributed by atoms with Crippen LogP contribution in [0.4, 0.5) is 24.5 Å². The molecule has 0 amide bonds. The van der Waals surface area contributed by atoms with E-state index in [1.807, 2.05) is 0 Å². The Balaban J connectivity index is 1.84. The van der Waals surface area contributed by atoms with E-state index in [0.717, 1.165) is 40.7 Å². The summed E-state index contributed by atoms with van der Waals surface area (Å²) in [6, 6.07) is 5.75. The molecule has 11 heteroatoms. The second kappa shape index (κ2) is 7.16. The first kappa shape index (κ1) is 19.1. The summed E-state index contributed by atoms with van der Waals surface area (Å²) in [5.41, 5.74) is -0.290. The quantitative estimate of drug-likeness (QED) is 0.581. The predicted molar refractivity (Wildman–Crippen MR) is 90.4 cm³/mol. The van der Waals surface area contributed by atoms with Crippen LogP contribution in [0, 0.1) is 27.6 Å². The largest absolute Gasteiger partial charge is 0.363 e. The van der Waals surface area contributed by atoms with Crippen molar-refractivity contribution in [3.05, 3.63) is 64.0 Å². The molecule has 0 N–H and O–H groups in total. The van der Waals surface area contributed by atoms with Crippen LogP contribution >= 0.6 is 0 Å². The summed E-state index contributed by atoms with van der Waals surface area (Å²) in [6.07, 6.45) is 0. The Labute approximate surface area is 152 Å². The lowest BCUT2D eigenvalue weighted by Gasteiger charge is -2.35. The third kappa shape index (κ3) is 3.60. The van der Waals surface area contributed by atoms with Crippen LogP contribution in [0.3, 0.4) is 0 Å². The summed E-state index contributed by atoms with van der Waals surface area (Å²) < 4.78 is 67.2. The summed E-state index contributed by atoms with van der Waals surface area (Å²) in [5, 5.41) is 11.1. The first-order valence-electron chi connectivity index (χ1n) is 7.85. The van der Waals surface area contributed by atoms with Crippen LogP contribution in [-0.4, -0.2) is 43.8 Å². The smallest absolute Gasteiger partial charge is 0.292 e. The SMILES string of the molecule is O=[N+]([O-])c1ccc(F)cc1N1CCN(S(=O)(=O)c2c(F)cccc2F)CC1. The molecule has 0 atom stereocenters. The van der Waals surface area contributed by atoms with Crippen LogP contribution in [0.15, 0.2) is 41.3 Å². The van der Waals surface area contributed by atoms with Crippen LogP contribution in [0.2, 0.25) is 0 Å². The van der Waals surface area contributed by atoms with Gasteiger partial charge < -0.3 is 4.90 Å². The Morgan fingerprint density at radius 2 is 1.56 bits per heavy atom. The topological polar surface area (TPSA) is 83.8 Å². The van der Waals surface area contributed by atoms with Gasteiger partial charge in [-0.1, -0.05) is 6.07 Å². The Kier molecular flexibility index (Phi) is 5.07. The zero-order valence-electron chi connectivity index (χ0n) is 13.8. The minimum atomic E-state index is -4.41. The van der Waals surface area contributed by atoms with Crippen LogP contribution in [0.5, 0.6) is 0 Å². The number of halogens is 3. The molecule has 0 saturated carbocycles. The normalized spacial score (nSPS) is 15.7. The van der Waals surface area contributed by atoms with E-state index in [1.165, 1.54) is 4.90 Å². The number of rotatable bonds is 4. The molecule has 0 unspecified atom stereocenters. The van der Waals surface area contributed by atoms with Gasteiger partial charge in [-0.15, -0.1) is 0 Å². The van der Waals surface area contributed by atoms with Crippen molar-refractivity contribution in [2.75, 3.05) is 31.1 Å². The van der Waals surface area contributed by atoms with Gasteiger partial charge in [-0.25, -0.2) is 21.6 Å². The summed E-state index contributed by atoms with van der Waals surface area (Å²) in [5.74, 6) is -3.06. The van der Waals surface area contributed by atoms with E-state index >= 15 is 0 Å². The third-order valence-corrected chi connectivity index (χ3v) is 6.18. The molecule has 0 aliphatic carbocycles. The highest BCUT2D eigenvalue weighted by Crippen LogP contribution is 2.31. The van der Waals surface area contributed by atoms with Gasteiger partial charge in [0.15, 0.2) is 4.90 Å². The van der Waals surface area contributed by atoms with Gasteiger partial charge in [0.1, 0.15) is 23.1 Å². The Hall–Kier alpha value is -2.66. The van der Waals surface area contributed by atoms with Gasteiger partial charge >= 0.3 is 0 Å². The number of piperazine rings is 1. The maximum absolute atomic E-state index is 13.9. The summed E-state index contributed by atoms with van der Waals surface area (Å²) >= 11 is 0. The maximum atomic E-state index is 13.9. The molecule has 1 saturated heterocycles. The van der Waals surface area contributed by atoms with Gasteiger partial charge in [0.25, 0.3) is 5.69 Å². The molecular weight excluding hydrogens is 387 g/mol. The average molecular weight is 401 g/mol. The first-order valence-corrected chi connectivity index (χ1v) is 9.29. The van der Waals surface area contributed by atoms with E-state index in [9.17, 15) is 31.7 Å². The minimum absolute atomic E-state index is 0.000402. The van der Waals surface area contributed by atoms with E-state index in [-0.39, 0.29) is 37.6 Å². The molecule has 0 bridgehead atoms. The molecule has 1 fully saturated rings. The van der Waals surface area contributed by atoms with Crippen molar-refractivity contribution in [3.63, 3.8) is 0 Å². The van der Waals surface area contributed by atoms with Gasteiger partial charge in [0.2, 0.25) is 10.0 Å². The molecule has 27 heavy (non-hydrogen) atoms. The molecule has 2 aromatic carbocycles. The number of hydrogen-bond acceptors (Lipinski definition) is 5. The lowest BCUT2D eigenvalue weighted by atomic mass is 10.2. The standard InChI is InChI=1S/C16H14F3N3O4S/c17-11-4-5-14(22(23)24)15(10-11)20-6-8-21(9-7-20)27(25,26)16-12(18)2-1-3-13(16)19/h1-5,10H,6-9H2. The monoisotopic (exact) mass is 401 g/mol. The number of benzene rings is 2. The van der Waals surface area contributed by atoms with Crippen molar-refractivity contribution in [2.45, 2.75) is 4.90 Å². The van der Waals surface area contributed by atoms with Crippen molar-refractivity contribution in [1.82, 2.24) is 4.31 Å². The van der Waals surface area contributed by atoms with E-state index in [0.29, 0.717) is 0 Å². The lowest BCUT2D eigenvalue weighted by molar-refractivity contribution is -0.384. The van der Waals surface area contributed by atoms with Gasteiger partial charge in [-0.05, 0) is 18.2 Å². The van der Waals surface area contributed by atoms with Gasteiger partial charge in [-0.2, -0.15) is 4.31 Å². The second-order valence-electron chi connectivity index (χ2n) is 5.83. The van der Waals surface area contributed by atoms with Gasteiger partial charge in [-0.3, -0.25) is 10.1 Å². The number of hydrogen-bond donors (Lipinski definition) is 0. The molecule has 1 aliphatic rings. The third-order valence-electron chi connectivity index (χ3n) is 4.23. The molecule has 2 aromatic rings. The summed E-state index contributed by atoms with van der Waals surface area (Å²) in [6.45, 7) is -0.327. The number of nitro benzene ring substituents is 1. The molecule has 0 spiro atoms. The fraction of sp³-hybridized carbons (Fsp3) is 0.250. The van der Waals surface area contributed by atoms with Crippen LogP contribution < -0.4 is 4.90 Å².